The number of ether oxygens (including phenoxy) is 1. The van der Waals surface area contributed by atoms with Gasteiger partial charge in [-0.2, -0.15) is 0 Å². The zero-order valence-corrected chi connectivity index (χ0v) is 11.3. The SMILES string of the molecule is COc1cccc(F)c1C(=O)N1CCC(C)C1C(=O)O. The molecule has 6 heteroatoms. The summed E-state index contributed by atoms with van der Waals surface area (Å²) >= 11 is 0. The minimum Gasteiger partial charge on any atom is -0.496 e. The Morgan fingerprint density at radius 1 is 1.45 bits per heavy atom. The van der Waals surface area contributed by atoms with E-state index < -0.39 is 23.7 Å². The highest BCUT2D eigenvalue weighted by atomic mass is 19.1. The number of carbonyl (C=O) groups excluding carboxylic acids is 1. The normalized spacial score (nSPS) is 21.9. The van der Waals surface area contributed by atoms with Crippen molar-refractivity contribution in [2.75, 3.05) is 13.7 Å². The smallest absolute Gasteiger partial charge is 0.326 e. The Balaban J connectivity index is 2.39. The fourth-order valence-electron chi connectivity index (χ4n) is 2.58. The van der Waals surface area contributed by atoms with Gasteiger partial charge >= 0.3 is 5.97 Å². The molecule has 20 heavy (non-hydrogen) atoms. The zero-order valence-electron chi connectivity index (χ0n) is 11.3. The third kappa shape index (κ3) is 2.33. The predicted molar refractivity (Wildman–Crippen MR) is 69.2 cm³/mol. The maximum absolute atomic E-state index is 13.9. The second kappa shape index (κ2) is 5.48. The van der Waals surface area contributed by atoms with Gasteiger partial charge in [0.05, 0.1) is 7.11 Å². The van der Waals surface area contributed by atoms with Crippen LogP contribution in [0.4, 0.5) is 4.39 Å². The van der Waals surface area contributed by atoms with Crippen molar-refractivity contribution < 1.29 is 23.8 Å². The van der Waals surface area contributed by atoms with E-state index in [9.17, 15) is 19.1 Å². The van der Waals surface area contributed by atoms with Gasteiger partial charge in [0.15, 0.2) is 0 Å². The van der Waals surface area contributed by atoms with Crippen LogP contribution in [0, 0.1) is 11.7 Å². The molecule has 1 aliphatic heterocycles. The standard InChI is InChI=1S/C14H16FNO4/c1-8-6-7-16(12(8)14(18)19)13(17)11-9(15)4-3-5-10(11)20-2/h3-5,8,12H,6-7H2,1-2H3,(H,18,19). The fraction of sp³-hybridized carbons (Fsp3) is 0.429. The number of benzene rings is 1. The van der Waals surface area contributed by atoms with E-state index in [1.807, 2.05) is 0 Å². The van der Waals surface area contributed by atoms with Crippen LogP contribution in [0.3, 0.4) is 0 Å². The number of nitrogens with zero attached hydrogens (tertiary/aromatic N) is 1. The molecule has 0 aliphatic carbocycles. The summed E-state index contributed by atoms with van der Waals surface area (Å²) in [7, 11) is 1.34. The van der Waals surface area contributed by atoms with Gasteiger partial charge in [0.2, 0.25) is 0 Å². The highest BCUT2D eigenvalue weighted by Crippen LogP contribution is 2.29. The Morgan fingerprint density at radius 2 is 2.15 bits per heavy atom. The first-order chi connectivity index (χ1) is 9.47. The van der Waals surface area contributed by atoms with Crippen molar-refractivity contribution in [3.63, 3.8) is 0 Å². The predicted octanol–water partition coefficient (Wildman–Crippen LogP) is 1.77. The molecule has 1 aromatic carbocycles. The lowest BCUT2D eigenvalue weighted by Gasteiger charge is -2.24. The van der Waals surface area contributed by atoms with Crippen LogP contribution in [-0.2, 0) is 4.79 Å². The number of halogens is 1. The molecule has 0 radical (unpaired) electrons. The van der Waals surface area contributed by atoms with Crippen molar-refractivity contribution in [3.05, 3.63) is 29.6 Å². The summed E-state index contributed by atoms with van der Waals surface area (Å²) in [5.74, 6) is -2.47. The van der Waals surface area contributed by atoms with Crippen molar-refractivity contribution >= 4 is 11.9 Å². The molecule has 1 heterocycles. The molecule has 0 saturated carbocycles. The molecule has 1 aliphatic rings. The Bertz CT molecular complexity index is 546. The number of aliphatic carboxylic acids is 1. The largest absolute Gasteiger partial charge is 0.496 e. The van der Waals surface area contributed by atoms with E-state index in [4.69, 9.17) is 4.74 Å². The van der Waals surface area contributed by atoms with Crippen molar-refractivity contribution in [3.8, 4) is 5.75 Å². The summed E-state index contributed by atoms with van der Waals surface area (Å²) < 4.78 is 18.9. The van der Waals surface area contributed by atoms with Crippen molar-refractivity contribution in [2.24, 2.45) is 5.92 Å². The van der Waals surface area contributed by atoms with Gasteiger partial charge < -0.3 is 14.7 Å². The Morgan fingerprint density at radius 3 is 2.75 bits per heavy atom. The molecule has 1 aromatic rings. The van der Waals surface area contributed by atoms with Crippen LogP contribution >= 0.6 is 0 Å². The van der Waals surface area contributed by atoms with Crippen LogP contribution in [-0.4, -0.2) is 41.6 Å². The number of carboxylic acid groups (broad SMARTS) is 1. The number of amides is 1. The first-order valence-electron chi connectivity index (χ1n) is 6.33. The van der Waals surface area contributed by atoms with E-state index in [-0.39, 0.29) is 17.2 Å². The maximum atomic E-state index is 13.9. The number of hydrogen-bond acceptors (Lipinski definition) is 3. The monoisotopic (exact) mass is 281 g/mol. The number of rotatable bonds is 3. The molecule has 0 aromatic heterocycles. The topological polar surface area (TPSA) is 66.8 Å². The van der Waals surface area contributed by atoms with Crippen LogP contribution in [0.25, 0.3) is 0 Å². The molecule has 2 rings (SSSR count). The minimum atomic E-state index is -1.07. The second-order valence-electron chi connectivity index (χ2n) is 4.86. The fourth-order valence-corrected chi connectivity index (χ4v) is 2.58. The number of hydrogen-bond donors (Lipinski definition) is 1. The lowest BCUT2D eigenvalue weighted by Crippen LogP contribution is -2.43. The summed E-state index contributed by atoms with van der Waals surface area (Å²) in [4.78, 5) is 24.9. The number of methoxy groups -OCH3 is 1. The lowest BCUT2D eigenvalue weighted by molar-refractivity contribution is -0.142. The quantitative estimate of drug-likeness (QED) is 0.917. The van der Waals surface area contributed by atoms with E-state index >= 15 is 0 Å². The maximum Gasteiger partial charge on any atom is 0.326 e. The molecule has 5 nitrogen and oxygen atoms in total. The first kappa shape index (κ1) is 14.3. The molecule has 1 saturated heterocycles. The van der Waals surface area contributed by atoms with E-state index in [0.717, 1.165) is 6.07 Å². The highest BCUT2D eigenvalue weighted by Gasteiger charge is 2.41. The van der Waals surface area contributed by atoms with E-state index in [1.54, 1.807) is 6.92 Å². The average Bonchev–Trinajstić information content (AvgIpc) is 2.79. The Hall–Kier alpha value is -2.11. The first-order valence-corrected chi connectivity index (χ1v) is 6.33. The third-order valence-electron chi connectivity index (χ3n) is 3.62. The third-order valence-corrected chi connectivity index (χ3v) is 3.62. The molecular weight excluding hydrogens is 265 g/mol. The zero-order chi connectivity index (χ0) is 14.9. The van der Waals surface area contributed by atoms with Gasteiger partial charge in [-0.25, -0.2) is 9.18 Å². The Kier molecular flexibility index (Phi) is 3.92. The van der Waals surface area contributed by atoms with E-state index in [1.165, 1.54) is 24.1 Å². The molecular formula is C14H16FNO4. The van der Waals surface area contributed by atoms with Gasteiger partial charge in [-0.05, 0) is 24.5 Å². The molecule has 2 unspecified atom stereocenters. The summed E-state index contributed by atoms with van der Waals surface area (Å²) in [6.45, 7) is 2.07. The van der Waals surface area contributed by atoms with Gasteiger partial charge in [-0.15, -0.1) is 0 Å². The van der Waals surface area contributed by atoms with Crippen molar-refractivity contribution in [2.45, 2.75) is 19.4 Å². The summed E-state index contributed by atoms with van der Waals surface area (Å²) in [6, 6.07) is 3.15. The summed E-state index contributed by atoms with van der Waals surface area (Å²) in [5, 5.41) is 9.23. The van der Waals surface area contributed by atoms with Crippen LogP contribution in [0.2, 0.25) is 0 Å². The highest BCUT2D eigenvalue weighted by molar-refractivity contribution is 5.99. The van der Waals surface area contributed by atoms with Crippen molar-refractivity contribution in [1.82, 2.24) is 4.90 Å². The van der Waals surface area contributed by atoms with Crippen LogP contribution in [0.5, 0.6) is 5.75 Å². The number of carbonyl (C=O) groups is 2. The van der Waals surface area contributed by atoms with E-state index in [0.29, 0.717) is 13.0 Å². The van der Waals surface area contributed by atoms with Gasteiger partial charge in [-0.3, -0.25) is 4.79 Å². The minimum absolute atomic E-state index is 0.110. The summed E-state index contributed by atoms with van der Waals surface area (Å²) in [5.41, 5.74) is -0.213. The van der Waals surface area contributed by atoms with Gasteiger partial charge in [0.1, 0.15) is 23.2 Å². The molecule has 108 valence electrons. The summed E-state index contributed by atoms with van der Waals surface area (Å²) in [6.07, 6.45) is 0.583. The molecule has 0 bridgehead atoms. The van der Waals surface area contributed by atoms with E-state index in [2.05, 4.69) is 0 Å². The number of carboxylic acids is 1. The molecule has 1 fully saturated rings. The van der Waals surface area contributed by atoms with Crippen LogP contribution < -0.4 is 4.74 Å². The molecule has 2 atom stereocenters. The van der Waals surface area contributed by atoms with Crippen molar-refractivity contribution in [1.29, 1.82) is 0 Å². The van der Waals surface area contributed by atoms with Gasteiger partial charge in [-0.1, -0.05) is 13.0 Å². The number of likely N-dealkylation sites (tertiary alicyclic amines) is 1. The van der Waals surface area contributed by atoms with Gasteiger partial charge in [0, 0.05) is 6.54 Å². The average molecular weight is 281 g/mol. The lowest BCUT2D eigenvalue weighted by atomic mass is 10.0. The van der Waals surface area contributed by atoms with Gasteiger partial charge in [0.25, 0.3) is 5.91 Å². The molecule has 1 N–H and O–H groups in total. The molecule has 0 spiro atoms. The second-order valence-corrected chi connectivity index (χ2v) is 4.86. The van der Waals surface area contributed by atoms with Crippen LogP contribution in [0.15, 0.2) is 18.2 Å². The molecule has 1 amide bonds. The Labute approximate surface area is 116 Å². The van der Waals surface area contributed by atoms with Crippen LogP contribution in [0.1, 0.15) is 23.7 Å².